The van der Waals surface area contributed by atoms with Crippen LogP contribution in [-0.2, 0) is 17.0 Å². The Hall–Kier alpha value is -3.26. The van der Waals surface area contributed by atoms with E-state index in [0.29, 0.717) is 23.8 Å². The number of unbranched alkanes of at least 4 members (excludes halogenated alkanes) is 5. The number of hydrogen-bond acceptors (Lipinski definition) is 6. The molecule has 0 saturated carbocycles. The highest BCUT2D eigenvalue weighted by Crippen LogP contribution is 2.26. The maximum Gasteiger partial charge on any atom is 0.328 e. The number of aromatic nitrogens is 3. The highest BCUT2D eigenvalue weighted by atomic mass is 32.2. The number of benzene rings is 1. The van der Waals surface area contributed by atoms with Gasteiger partial charge in [0.1, 0.15) is 23.0 Å². The van der Waals surface area contributed by atoms with Crippen molar-refractivity contribution in [3.8, 4) is 11.5 Å². The Balaban J connectivity index is 1.35. The third-order valence-electron chi connectivity index (χ3n) is 5.43. The number of imidazole rings is 1. The molecular formula is C27H33N3O4S. The average Bonchev–Trinajstić information content (AvgIpc) is 3.40. The van der Waals surface area contributed by atoms with Crippen molar-refractivity contribution in [2.75, 3.05) is 13.7 Å². The molecule has 2 N–H and O–H groups in total. The number of carboxylic acid groups (broad SMARTS) is 1. The molecule has 0 radical (unpaired) electrons. The lowest BCUT2D eigenvalue weighted by atomic mass is 10.0. The number of ether oxygens (including phenoxy) is 2. The molecule has 0 atom stereocenters. The van der Waals surface area contributed by atoms with Gasteiger partial charge in [0.05, 0.1) is 24.5 Å². The zero-order valence-corrected chi connectivity index (χ0v) is 20.9. The van der Waals surface area contributed by atoms with E-state index in [1.54, 1.807) is 19.5 Å². The largest absolute Gasteiger partial charge is 0.497 e. The van der Waals surface area contributed by atoms with E-state index in [4.69, 9.17) is 14.6 Å². The van der Waals surface area contributed by atoms with Crippen LogP contribution >= 0.6 is 11.8 Å². The summed E-state index contributed by atoms with van der Waals surface area (Å²) >= 11 is 1.53. The number of rotatable bonds is 16. The van der Waals surface area contributed by atoms with Gasteiger partial charge in [-0.25, -0.2) is 14.8 Å². The smallest absolute Gasteiger partial charge is 0.328 e. The molecule has 0 amide bonds. The van der Waals surface area contributed by atoms with Gasteiger partial charge in [0.15, 0.2) is 0 Å². The van der Waals surface area contributed by atoms with Crippen LogP contribution in [0.5, 0.6) is 11.5 Å². The average molecular weight is 496 g/mol. The lowest BCUT2D eigenvalue weighted by Gasteiger charge is -2.10. The summed E-state index contributed by atoms with van der Waals surface area (Å²) in [6.45, 7) is 0.584. The highest BCUT2D eigenvalue weighted by Gasteiger charge is 2.07. The molecule has 35 heavy (non-hydrogen) atoms. The van der Waals surface area contributed by atoms with Crippen LogP contribution in [0.4, 0.5) is 0 Å². The normalized spacial score (nSPS) is 11.1. The van der Waals surface area contributed by atoms with Crippen LogP contribution in [0.1, 0.15) is 55.6 Å². The summed E-state index contributed by atoms with van der Waals surface area (Å²) in [7, 11) is 1.69. The van der Waals surface area contributed by atoms with Gasteiger partial charge in [0.25, 0.3) is 0 Å². The lowest BCUT2D eigenvalue weighted by molar-refractivity contribution is -0.131. The molecule has 0 aliphatic carbocycles. The molecule has 3 aromatic rings. The van der Waals surface area contributed by atoms with E-state index in [1.165, 1.54) is 49.1 Å². The summed E-state index contributed by atoms with van der Waals surface area (Å²) in [4.78, 5) is 22.8. The molecule has 0 aliphatic heterocycles. The van der Waals surface area contributed by atoms with Crippen molar-refractivity contribution in [2.24, 2.45) is 0 Å². The Kier molecular flexibility index (Phi) is 11.2. The SMILES string of the molecule is COc1ccc(CCCCCCCCOc2ccc(SCc3ncc[nH]3)nc2C=CC(=O)O)cc1. The van der Waals surface area contributed by atoms with Gasteiger partial charge >= 0.3 is 5.97 Å². The van der Waals surface area contributed by atoms with Crippen LogP contribution in [0.15, 0.2) is 59.9 Å². The van der Waals surface area contributed by atoms with Gasteiger partial charge in [-0.15, -0.1) is 0 Å². The maximum absolute atomic E-state index is 11.0. The van der Waals surface area contributed by atoms with Crippen molar-refractivity contribution < 1.29 is 19.4 Å². The summed E-state index contributed by atoms with van der Waals surface area (Å²) < 4.78 is 11.1. The molecule has 3 rings (SSSR count). The van der Waals surface area contributed by atoms with Crippen LogP contribution in [0.2, 0.25) is 0 Å². The number of aliphatic carboxylic acids is 1. The summed E-state index contributed by atoms with van der Waals surface area (Å²) in [6.07, 6.45) is 14.0. The second kappa shape index (κ2) is 14.9. The standard InChI is InChI=1S/C27H33N3O4S/c1-33-22-11-9-21(10-12-22)8-6-4-2-3-5-7-19-34-24-14-15-26(30-23(24)13-16-27(31)32)35-20-25-28-17-18-29-25/h9-18H,2-8,19-20H2,1H3,(H,28,29)(H,31,32). The summed E-state index contributed by atoms with van der Waals surface area (Å²) in [5.41, 5.74) is 1.88. The van der Waals surface area contributed by atoms with Gasteiger partial charge < -0.3 is 19.6 Å². The van der Waals surface area contributed by atoms with E-state index in [-0.39, 0.29) is 0 Å². The van der Waals surface area contributed by atoms with Gasteiger partial charge in [0, 0.05) is 18.5 Å². The predicted octanol–water partition coefficient (Wildman–Crippen LogP) is 6.17. The molecular weight excluding hydrogens is 462 g/mol. The molecule has 186 valence electrons. The summed E-state index contributed by atoms with van der Waals surface area (Å²) in [6, 6.07) is 12.1. The van der Waals surface area contributed by atoms with Crippen LogP contribution < -0.4 is 9.47 Å². The first-order valence-electron chi connectivity index (χ1n) is 11.9. The number of nitrogens with one attached hydrogen (secondary N) is 1. The van der Waals surface area contributed by atoms with Gasteiger partial charge in [-0.05, 0) is 55.2 Å². The van der Waals surface area contributed by atoms with Gasteiger partial charge in [-0.2, -0.15) is 0 Å². The molecule has 0 saturated heterocycles. The first-order chi connectivity index (χ1) is 17.1. The quantitative estimate of drug-likeness (QED) is 0.139. The zero-order valence-electron chi connectivity index (χ0n) is 20.1. The fourth-order valence-corrected chi connectivity index (χ4v) is 4.32. The number of H-pyrrole nitrogens is 1. The number of nitrogens with zero attached hydrogens (tertiary/aromatic N) is 2. The van der Waals surface area contributed by atoms with Gasteiger partial charge in [-0.3, -0.25) is 0 Å². The molecule has 0 unspecified atom stereocenters. The number of thioether (sulfide) groups is 1. The van der Waals surface area contributed by atoms with E-state index in [9.17, 15) is 4.79 Å². The Labute approximate surface area is 211 Å². The first kappa shape index (κ1) is 26.3. The van der Waals surface area contributed by atoms with Crippen molar-refractivity contribution in [1.82, 2.24) is 15.0 Å². The molecule has 7 nitrogen and oxygen atoms in total. The van der Waals surface area contributed by atoms with Crippen molar-refractivity contribution in [1.29, 1.82) is 0 Å². The van der Waals surface area contributed by atoms with Crippen molar-refractivity contribution in [3.05, 3.63) is 71.9 Å². The van der Waals surface area contributed by atoms with E-state index >= 15 is 0 Å². The molecule has 2 heterocycles. The van der Waals surface area contributed by atoms with E-state index in [0.717, 1.165) is 41.9 Å². The predicted molar refractivity (Wildman–Crippen MR) is 139 cm³/mol. The Morgan fingerprint density at radius 2 is 1.83 bits per heavy atom. The van der Waals surface area contributed by atoms with Gasteiger partial charge in [0.2, 0.25) is 0 Å². The summed E-state index contributed by atoms with van der Waals surface area (Å²) in [5, 5.41) is 9.79. The van der Waals surface area contributed by atoms with E-state index in [1.807, 2.05) is 24.3 Å². The Morgan fingerprint density at radius 1 is 1.06 bits per heavy atom. The zero-order chi connectivity index (χ0) is 24.7. The number of carboxylic acids is 1. The third kappa shape index (κ3) is 9.86. The minimum atomic E-state index is -1.02. The number of methoxy groups -OCH3 is 1. The van der Waals surface area contributed by atoms with Gasteiger partial charge in [-0.1, -0.05) is 49.6 Å². The highest BCUT2D eigenvalue weighted by molar-refractivity contribution is 7.98. The maximum atomic E-state index is 11.0. The summed E-state index contributed by atoms with van der Waals surface area (Å²) in [5.74, 6) is 2.00. The number of carbonyl (C=O) groups is 1. The Bertz CT molecular complexity index is 1050. The molecule has 2 aromatic heterocycles. The van der Waals surface area contributed by atoms with Crippen LogP contribution in [-0.4, -0.2) is 39.7 Å². The number of aryl methyl sites for hydroxylation is 1. The van der Waals surface area contributed by atoms with Crippen molar-refractivity contribution in [3.63, 3.8) is 0 Å². The third-order valence-corrected chi connectivity index (χ3v) is 6.37. The van der Waals surface area contributed by atoms with Crippen molar-refractivity contribution in [2.45, 2.75) is 55.7 Å². The number of hydrogen-bond donors (Lipinski definition) is 2. The first-order valence-corrected chi connectivity index (χ1v) is 12.9. The van der Waals surface area contributed by atoms with Crippen LogP contribution in [0, 0.1) is 0 Å². The number of pyridine rings is 1. The molecule has 0 spiro atoms. The minimum absolute atomic E-state index is 0.523. The Morgan fingerprint density at radius 3 is 2.54 bits per heavy atom. The molecule has 1 aromatic carbocycles. The molecule has 0 fully saturated rings. The monoisotopic (exact) mass is 495 g/mol. The molecule has 8 heteroatoms. The van der Waals surface area contributed by atoms with Crippen LogP contribution in [0.25, 0.3) is 6.08 Å². The molecule has 0 bridgehead atoms. The topological polar surface area (TPSA) is 97.3 Å². The second-order valence-corrected chi connectivity index (χ2v) is 9.09. The van der Waals surface area contributed by atoms with E-state index in [2.05, 4.69) is 27.1 Å². The second-order valence-electron chi connectivity index (χ2n) is 8.10. The minimum Gasteiger partial charge on any atom is -0.497 e. The molecule has 0 aliphatic rings. The fourth-order valence-electron chi connectivity index (χ4n) is 3.55. The van der Waals surface area contributed by atoms with Crippen molar-refractivity contribution >= 4 is 23.8 Å². The van der Waals surface area contributed by atoms with Crippen LogP contribution in [0.3, 0.4) is 0 Å². The number of aromatic amines is 1. The van der Waals surface area contributed by atoms with E-state index < -0.39 is 5.97 Å². The lowest BCUT2D eigenvalue weighted by Crippen LogP contribution is -2.01. The fraction of sp³-hybridized carbons (Fsp3) is 0.370.